The molecule has 2 aromatic rings. The molecular formula is C11H12IN3. The maximum Gasteiger partial charge on any atom is 0.123 e. The number of nitrogens with two attached hydrogens (primary N) is 1. The maximum atomic E-state index is 6.01. The Kier molecular flexibility index (Phi) is 3.37. The van der Waals surface area contributed by atoms with Gasteiger partial charge in [0.25, 0.3) is 0 Å². The number of rotatable bonds is 3. The Morgan fingerprint density at radius 1 is 1.33 bits per heavy atom. The van der Waals surface area contributed by atoms with Crippen molar-refractivity contribution in [3.05, 3.63) is 51.6 Å². The Morgan fingerprint density at radius 3 is 2.67 bits per heavy atom. The quantitative estimate of drug-likeness (QED) is 0.854. The molecular weight excluding hydrogens is 301 g/mol. The van der Waals surface area contributed by atoms with Crippen LogP contribution < -0.4 is 5.73 Å². The van der Waals surface area contributed by atoms with Crippen molar-refractivity contribution in [1.82, 2.24) is 9.97 Å². The van der Waals surface area contributed by atoms with E-state index in [0.29, 0.717) is 0 Å². The summed E-state index contributed by atoms with van der Waals surface area (Å²) in [4.78, 5) is 7.18. The molecule has 1 heterocycles. The highest BCUT2D eigenvalue weighted by molar-refractivity contribution is 14.1. The Morgan fingerprint density at radius 2 is 2.07 bits per heavy atom. The van der Waals surface area contributed by atoms with Crippen LogP contribution in [0.5, 0.6) is 0 Å². The first-order valence-electron chi connectivity index (χ1n) is 4.75. The minimum Gasteiger partial charge on any atom is -0.347 e. The number of aromatic nitrogens is 2. The minimum atomic E-state index is -0.0555. The summed E-state index contributed by atoms with van der Waals surface area (Å²) < 4.78 is 1.24. The first-order valence-corrected chi connectivity index (χ1v) is 5.83. The summed E-state index contributed by atoms with van der Waals surface area (Å²) >= 11 is 2.29. The number of hydrogen-bond donors (Lipinski definition) is 2. The standard InChI is InChI=1S/C11H12IN3/c12-9-3-1-8(2-4-9)7-10(13)11-14-5-6-15-11/h1-6,10H,7,13H2,(H,14,15). The van der Waals surface area contributed by atoms with Gasteiger partial charge >= 0.3 is 0 Å². The third-order valence-electron chi connectivity index (χ3n) is 2.24. The highest BCUT2D eigenvalue weighted by Crippen LogP contribution is 2.13. The van der Waals surface area contributed by atoms with E-state index in [2.05, 4.69) is 56.8 Å². The van der Waals surface area contributed by atoms with E-state index in [4.69, 9.17) is 5.73 Å². The summed E-state index contributed by atoms with van der Waals surface area (Å²) in [5.74, 6) is 0.841. The lowest BCUT2D eigenvalue weighted by Gasteiger charge is -2.08. The summed E-state index contributed by atoms with van der Waals surface area (Å²) in [7, 11) is 0. The van der Waals surface area contributed by atoms with Crippen LogP contribution in [0.2, 0.25) is 0 Å². The molecule has 0 saturated carbocycles. The van der Waals surface area contributed by atoms with E-state index in [0.717, 1.165) is 12.2 Å². The van der Waals surface area contributed by atoms with E-state index < -0.39 is 0 Å². The van der Waals surface area contributed by atoms with Gasteiger partial charge < -0.3 is 10.7 Å². The van der Waals surface area contributed by atoms with E-state index in [1.807, 2.05) is 0 Å². The molecule has 0 aliphatic rings. The third kappa shape index (κ3) is 2.79. The predicted molar refractivity (Wildman–Crippen MR) is 68.4 cm³/mol. The zero-order valence-corrected chi connectivity index (χ0v) is 10.3. The summed E-state index contributed by atoms with van der Waals surface area (Å²) in [5, 5.41) is 0. The van der Waals surface area contributed by atoms with Crippen molar-refractivity contribution in [1.29, 1.82) is 0 Å². The lowest BCUT2D eigenvalue weighted by molar-refractivity contribution is 0.677. The molecule has 1 aromatic carbocycles. The van der Waals surface area contributed by atoms with Gasteiger partial charge in [0, 0.05) is 16.0 Å². The summed E-state index contributed by atoms with van der Waals surface area (Å²) in [6.07, 6.45) is 4.33. The van der Waals surface area contributed by atoms with Crippen molar-refractivity contribution in [2.45, 2.75) is 12.5 Å². The number of nitrogens with zero attached hydrogens (tertiary/aromatic N) is 1. The molecule has 0 saturated heterocycles. The monoisotopic (exact) mass is 313 g/mol. The van der Waals surface area contributed by atoms with Gasteiger partial charge in [0.2, 0.25) is 0 Å². The molecule has 1 unspecified atom stereocenters. The number of benzene rings is 1. The fraction of sp³-hybridized carbons (Fsp3) is 0.182. The molecule has 3 N–H and O–H groups in total. The van der Waals surface area contributed by atoms with E-state index in [9.17, 15) is 0 Å². The fourth-order valence-electron chi connectivity index (χ4n) is 1.45. The topological polar surface area (TPSA) is 54.7 Å². The van der Waals surface area contributed by atoms with Crippen molar-refractivity contribution in [2.75, 3.05) is 0 Å². The smallest absolute Gasteiger partial charge is 0.123 e. The Labute approximate surface area is 102 Å². The van der Waals surface area contributed by atoms with Gasteiger partial charge in [0.1, 0.15) is 5.82 Å². The first-order chi connectivity index (χ1) is 7.25. The van der Waals surface area contributed by atoms with Crippen LogP contribution in [0.3, 0.4) is 0 Å². The molecule has 0 aliphatic carbocycles. The van der Waals surface area contributed by atoms with Gasteiger partial charge in [0.05, 0.1) is 6.04 Å². The van der Waals surface area contributed by atoms with Crippen LogP contribution in [0.4, 0.5) is 0 Å². The third-order valence-corrected chi connectivity index (χ3v) is 2.96. The van der Waals surface area contributed by atoms with Gasteiger partial charge in [-0.25, -0.2) is 4.98 Å². The maximum absolute atomic E-state index is 6.01. The number of nitrogens with one attached hydrogen (secondary N) is 1. The number of imidazole rings is 1. The molecule has 0 fully saturated rings. The van der Waals surface area contributed by atoms with E-state index in [-0.39, 0.29) is 6.04 Å². The zero-order valence-electron chi connectivity index (χ0n) is 8.15. The summed E-state index contributed by atoms with van der Waals surface area (Å²) in [5.41, 5.74) is 7.25. The molecule has 2 rings (SSSR count). The van der Waals surface area contributed by atoms with Crippen molar-refractivity contribution < 1.29 is 0 Å². The average molecular weight is 313 g/mol. The molecule has 0 spiro atoms. The van der Waals surface area contributed by atoms with Crippen molar-refractivity contribution in [3.8, 4) is 0 Å². The van der Waals surface area contributed by atoms with Gasteiger partial charge in [-0.1, -0.05) is 12.1 Å². The van der Waals surface area contributed by atoms with E-state index in [1.165, 1.54) is 9.13 Å². The van der Waals surface area contributed by atoms with Gasteiger partial charge in [-0.2, -0.15) is 0 Å². The molecule has 1 aromatic heterocycles. The van der Waals surface area contributed by atoms with E-state index >= 15 is 0 Å². The summed E-state index contributed by atoms with van der Waals surface area (Å²) in [6.45, 7) is 0. The van der Waals surface area contributed by atoms with Crippen LogP contribution in [0.25, 0.3) is 0 Å². The van der Waals surface area contributed by atoms with Crippen LogP contribution in [0.15, 0.2) is 36.7 Å². The summed E-state index contributed by atoms with van der Waals surface area (Å²) in [6, 6.07) is 8.32. The van der Waals surface area contributed by atoms with E-state index in [1.54, 1.807) is 12.4 Å². The SMILES string of the molecule is NC(Cc1ccc(I)cc1)c1ncc[nH]1. The second-order valence-electron chi connectivity index (χ2n) is 3.41. The van der Waals surface area contributed by atoms with Crippen LogP contribution in [0.1, 0.15) is 17.4 Å². The average Bonchev–Trinajstić information content (AvgIpc) is 2.74. The molecule has 1 atom stereocenters. The largest absolute Gasteiger partial charge is 0.347 e. The molecule has 0 aliphatic heterocycles. The predicted octanol–water partition coefficient (Wildman–Crippen LogP) is 2.26. The highest BCUT2D eigenvalue weighted by Gasteiger charge is 2.08. The minimum absolute atomic E-state index is 0.0555. The lowest BCUT2D eigenvalue weighted by Crippen LogP contribution is -2.14. The van der Waals surface area contributed by atoms with Crippen molar-refractivity contribution in [2.24, 2.45) is 5.73 Å². The Bertz CT molecular complexity index is 408. The second-order valence-corrected chi connectivity index (χ2v) is 4.66. The number of hydrogen-bond acceptors (Lipinski definition) is 2. The van der Waals surface area contributed by atoms with Crippen LogP contribution in [-0.4, -0.2) is 9.97 Å². The van der Waals surface area contributed by atoms with Crippen LogP contribution in [-0.2, 0) is 6.42 Å². The van der Waals surface area contributed by atoms with Gasteiger partial charge in [-0.15, -0.1) is 0 Å². The molecule has 3 nitrogen and oxygen atoms in total. The van der Waals surface area contributed by atoms with Crippen molar-refractivity contribution in [3.63, 3.8) is 0 Å². The zero-order chi connectivity index (χ0) is 10.7. The fourth-order valence-corrected chi connectivity index (χ4v) is 1.81. The van der Waals surface area contributed by atoms with Crippen LogP contribution in [0, 0.1) is 3.57 Å². The number of halogens is 1. The number of aromatic amines is 1. The van der Waals surface area contributed by atoms with Gasteiger partial charge in [-0.05, 0) is 46.7 Å². The Hall–Kier alpha value is -0.880. The molecule has 0 bridgehead atoms. The molecule has 4 heteroatoms. The van der Waals surface area contributed by atoms with Crippen LogP contribution >= 0.6 is 22.6 Å². The van der Waals surface area contributed by atoms with Crippen molar-refractivity contribution >= 4 is 22.6 Å². The normalized spacial score (nSPS) is 12.7. The first kappa shape index (κ1) is 10.6. The molecule has 0 radical (unpaired) electrons. The highest BCUT2D eigenvalue weighted by atomic mass is 127. The number of H-pyrrole nitrogens is 1. The molecule has 15 heavy (non-hydrogen) atoms. The molecule has 0 amide bonds. The lowest BCUT2D eigenvalue weighted by atomic mass is 10.1. The van der Waals surface area contributed by atoms with Gasteiger partial charge in [-0.3, -0.25) is 0 Å². The Balaban J connectivity index is 2.06. The van der Waals surface area contributed by atoms with Gasteiger partial charge in [0.15, 0.2) is 0 Å². The molecule has 78 valence electrons. The second kappa shape index (κ2) is 4.76.